The monoisotopic (exact) mass is 315 g/mol. The van der Waals surface area contributed by atoms with Crippen LogP contribution in [0.25, 0.3) is 0 Å². The van der Waals surface area contributed by atoms with Gasteiger partial charge in [0.1, 0.15) is 11.5 Å². The van der Waals surface area contributed by atoms with Crippen LogP contribution in [0.3, 0.4) is 0 Å². The minimum absolute atomic E-state index is 0.0190. The summed E-state index contributed by atoms with van der Waals surface area (Å²) >= 11 is 5.90. The van der Waals surface area contributed by atoms with Crippen LogP contribution in [-0.4, -0.2) is 25.7 Å². The van der Waals surface area contributed by atoms with Crippen molar-refractivity contribution in [1.29, 1.82) is 0 Å². The number of fused-ring (bicyclic) bond motifs is 1. The van der Waals surface area contributed by atoms with Gasteiger partial charge >= 0.3 is 0 Å². The van der Waals surface area contributed by atoms with Gasteiger partial charge in [-0.2, -0.15) is 0 Å². The highest BCUT2D eigenvalue weighted by Gasteiger charge is 2.25. The Kier molecular flexibility index (Phi) is 3.86. The zero-order valence-electron chi connectivity index (χ0n) is 12.2. The highest BCUT2D eigenvalue weighted by Crippen LogP contribution is 2.38. The molecule has 0 saturated carbocycles. The van der Waals surface area contributed by atoms with Crippen molar-refractivity contribution < 1.29 is 14.3 Å². The molecule has 0 fully saturated rings. The molecule has 0 N–H and O–H groups in total. The maximum Gasteiger partial charge on any atom is 0.174 e. The van der Waals surface area contributed by atoms with Crippen LogP contribution in [0.5, 0.6) is 11.5 Å². The summed E-state index contributed by atoms with van der Waals surface area (Å²) in [6.07, 6.45) is 0.233. The molecule has 22 heavy (non-hydrogen) atoms. The minimum atomic E-state index is -0.0190. The maximum absolute atomic E-state index is 12.5. The van der Waals surface area contributed by atoms with Gasteiger partial charge in [0.15, 0.2) is 5.78 Å². The number of ketones is 1. The molecule has 112 valence electrons. The summed E-state index contributed by atoms with van der Waals surface area (Å²) in [7, 11) is 3.09. The van der Waals surface area contributed by atoms with Crippen molar-refractivity contribution in [3.63, 3.8) is 0 Å². The summed E-state index contributed by atoms with van der Waals surface area (Å²) in [5.74, 6) is 1.07. The molecule has 2 aromatic rings. The normalized spacial score (nSPS) is 13.4. The minimum Gasteiger partial charge on any atom is -0.497 e. The van der Waals surface area contributed by atoms with Crippen molar-refractivity contribution in [3.8, 4) is 11.5 Å². The van der Waals surface area contributed by atoms with E-state index in [2.05, 4.69) is 4.99 Å². The zero-order chi connectivity index (χ0) is 15.7. The van der Waals surface area contributed by atoms with Crippen LogP contribution >= 0.6 is 11.6 Å². The molecule has 0 unspecified atom stereocenters. The lowest BCUT2D eigenvalue weighted by Crippen LogP contribution is -2.15. The van der Waals surface area contributed by atoms with Gasteiger partial charge in [0.25, 0.3) is 0 Å². The van der Waals surface area contributed by atoms with Crippen molar-refractivity contribution >= 4 is 28.8 Å². The van der Waals surface area contributed by atoms with E-state index in [1.54, 1.807) is 31.4 Å². The molecule has 5 heteroatoms. The van der Waals surface area contributed by atoms with Crippen molar-refractivity contribution in [2.75, 3.05) is 14.2 Å². The highest BCUT2D eigenvalue weighted by atomic mass is 35.5. The van der Waals surface area contributed by atoms with Crippen LogP contribution in [0.15, 0.2) is 41.4 Å². The molecule has 1 heterocycles. The van der Waals surface area contributed by atoms with Gasteiger partial charge in [-0.15, -0.1) is 0 Å². The molecule has 0 saturated heterocycles. The average molecular weight is 316 g/mol. The molecule has 4 nitrogen and oxygen atoms in total. The van der Waals surface area contributed by atoms with Crippen molar-refractivity contribution in [2.45, 2.75) is 6.42 Å². The Bertz CT molecular complexity index is 766. The summed E-state index contributed by atoms with van der Waals surface area (Å²) in [6, 6.07) is 10.7. The topological polar surface area (TPSA) is 47.9 Å². The number of carbonyl (C=O) groups excluding carboxylic acids is 1. The summed E-state index contributed by atoms with van der Waals surface area (Å²) < 4.78 is 10.5. The van der Waals surface area contributed by atoms with E-state index in [1.165, 1.54) is 7.11 Å². The van der Waals surface area contributed by atoms with E-state index in [-0.39, 0.29) is 12.2 Å². The summed E-state index contributed by atoms with van der Waals surface area (Å²) in [5.41, 5.74) is 2.66. The molecule has 0 atom stereocenters. The van der Waals surface area contributed by atoms with E-state index in [1.807, 2.05) is 12.1 Å². The number of Topliss-reactive ketones (excluding diaryl/α,β-unsaturated/α-hetero) is 1. The number of nitrogens with zero attached hydrogens (tertiary/aromatic N) is 1. The van der Waals surface area contributed by atoms with E-state index in [4.69, 9.17) is 21.1 Å². The smallest absolute Gasteiger partial charge is 0.174 e. The first-order valence-corrected chi connectivity index (χ1v) is 7.13. The van der Waals surface area contributed by atoms with Gasteiger partial charge in [-0.3, -0.25) is 9.79 Å². The molecular formula is C17H14ClNO3. The number of methoxy groups -OCH3 is 2. The third kappa shape index (κ3) is 2.57. The summed E-state index contributed by atoms with van der Waals surface area (Å²) in [5, 5.41) is 0.648. The Morgan fingerprint density at radius 2 is 1.82 bits per heavy atom. The Labute approximate surface area is 133 Å². The number of benzene rings is 2. The van der Waals surface area contributed by atoms with Gasteiger partial charge in [0, 0.05) is 17.2 Å². The maximum atomic E-state index is 12.5. The van der Waals surface area contributed by atoms with Crippen LogP contribution in [0.1, 0.15) is 22.3 Å². The van der Waals surface area contributed by atoms with E-state index in [9.17, 15) is 4.79 Å². The quantitative estimate of drug-likeness (QED) is 0.858. The first-order chi connectivity index (χ1) is 10.6. The molecule has 1 aliphatic heterocycles. The lowest BCUT2D eigenvalue weighted by atomic mass is 9.95. The largest absolute Gasteiger partial charge is 0.497 e. The number of halogens is 1. The Balaban J connectivity index is 2.13. The van der Waals surface area contributed by atoms with E-state index in [0.717, 1.165) is 5.56 Å². The van der Waals surface area contributed by atoms with Gasteiger partial charge in [-0.05, 0) is 17.7 Å². The lowest BCUT2D eigenvalue weighted by molar-refractivity contribution is 0.0997. The summed E-state index contributed by atoms with van der Waals surface area (Å²) in [4.78, 5) is 17.1. The van der Waals surface area contributed by atoms with Gasteiger partial charge in [-0.25, -0.2) is 0 Å². The molecule has 0 amide bonds. The van der Waals surface area contributed by atoms with Gasteiger partial charge in [0.05, 0.1) is 37.6 Å². The predicted octanol–water partition coefficient (Wildman–Crippen LogP) is 4.06. The second-order valence-corrected chi connectivity index (χ2v) is 5.33. The Morgan fingerprint density at radius 3 is 2.45 bits per heavy atom. The Morgan fingerprint density at radius 1 is 1.09 bits per heavy atom. The van der Waals surface area contributed by atoms with Gasteiger partial charge < -0.3 is 9.47 Å². The average Bonchev–Trinajstić information content (AvgIpc) is 2.54. The predicted molar refractivity (Wildman–Crippen MR) is 86.1 cm³/mol. The first-order valence-electron chi connectivity index (χ1n) is 6.75. The van der Waals surface area contributed by atoms with E-state index >= 15 is 0 Å². The number of ether oxygens (including phenoxy) is 2. The molecule has 1 aliphatic rings. The number of carbonyl (C=O) groups is 1. The molecule has 0 radical (unpaired) electrons. The number of rotatable bonds is 3. The fraction of sp³-hybridized carbons (Fsp3) is 0.176. The van der Waals surface area contributed by atoms with Crippen LogP contribution in [0.4, 0.5) is 5.69 Å². The van der Waals surface area contributed by atoms with Gasteiger partial charge in [0.2, 0.25) is 0 Å². The fourth-order valence-electron chi connectivity index (χ4n) is 2.46. The van der Waals surface area contributed by atoms with Crippen LogP contribution in [0, 0.1) is 0 Å². The molecule has 0 spiro atoms. The third-order valence-corrected chi connectivity index (χ3v) is 3.80. The van der Waals surface area contributed by atoms with E-state index in [0.29, 0.717) is 33.5 Å². The van der Waals surface area contributed by atoms with Crippen molar-refractivity contribution in [2.24, 2.45) is 4.99 Å². The first kappa shape index (κ1) is 14.6. The number of aliphatic imine (C=N–C) groups is 1. The molecule has 3 rings (SSSR count). The molecule has 0 bridgehead atoms. The second kappa shape index (κ2) is 5.81. The van der Waals surface area contributed by atoms with Crippen molar-refractivity contribution in [3.05, 3.63) is 52.5 Å². The Hall–Kier alpha value is -2.33. The van der Waals surface area contributed by atoms with Crippen LogP contribution in [-0.2, 0) is 0 Å². The van der Waals surface area contributed by atoms with E-state index < -0.39 is 0 Å². The summed E-state index contributed by atoms with van der Waals surface area (Å²) in [6.45, 7) is 0. The van der Waals surface area contributed by atoms with Gasteiger partial charge in [-0.1, -0.05) is 23.7 Å². The fourth-order valence-corrected chi connectivity index (χ4v) is 2.58. The van der Waals surface area contributed by atoms with Crippen LogP contribution in [0.2, 0.25) is 5.02 Å². The molecular weight excluding hydrogens is 302 g/mol. The molecule has 0 aliphatic carbocycles. The molecule has 2 aromatic carbocycles. The van der Waals surface area contributed by atoms with Crippen molar-refractivity contribution in [1.82, 2.24) is 0 Å². The molecule has 0 aromatic heterocycles. The second-order valence-electron chi connectivity index (χ2n) is 4.89. The SMILES string of the molecule is COc1cc2c(c(OC)c1)C(=O)CC(c1ccc(Cl)cc1)=N2. The lowest BCUT2D eigenvalue weighted by Gasteiger charge is -2.18. The zero-order valence-corrected chi connectivity index (χ0v) is 13.0. The number of hydrogen-bond donors (Lipinski definition) is 0. The highest BCUT2D eigenvalue weighted by molar-refractivity contribution is 6.30. The standard InChI is InChI=1S/C17H14ClNO3/c1-21-12-7-14-17(16(8-12)22-2)15(20)9-13(19-14)10-3-5-11(18)6-4-10/h3-8H,9H2,1-2H3. The van der Waals surface area contributed by atoms with Crippen LogP contribution < -0.4 is 9.47 Å². The third-order valence-electron chi connectivity index (χ3n) is 3.55. The number of hydrogen-bond acceptors (Lipinski definition) is 4.